The second-order valence-corrected chi connectivity index (χ2v) is 3.20. The van der Waals surface area contributed by atoms with Crippen LogP contribution in [0.1, 0.15) is 39.5 Å². The Morgan fingerprint density at radius 3 is 2.38 bits per heavy atom. The van der Waals surface area contributed by atoms with E-state index in [0.29, 0.717) is 12.8 Å². The van der Waals surface area contributed by atoms with Crippen molar-refractivity contribution in [1.29, 1.82) is 0 Å². The van der Waals surface area contributed by atoms with Gasteiger partial charge >= 0.3 is 0 Å². The van der Waals surface area contributed by atoms with Crippen LogP contribution in [-0.4, -0.2) is 11.6 Å². The first-order chi connectivity index (χ1) is 6.11. The minimum absolute atomic E-state index is 0.0160. The highest BCUT2D eigenvalue weighted by Gasteiger charge is 2.13. The van der Waals surface area contributed by atoms with Crippen LogP contribution in [0.5, 0.6) is 0 Å². The largest absolute Gasteiger partial charge is 0.300 e. The SMILES string of the molecule is C#CC(=O)CC[C@@H](CCC)C(C)=O. The number of terminal acetylenes is 1. The first-order valence-electron chi connectivity index (χ1n) is 4.61. The molecule has 0 N–H and O–H groups in total. The van der Waals surface area contributed by atoms with Crippen molar-refractivity contribution in [2.75, 3.05) is 0 Å². The predicted octanol–water partition coefficient (Wildman–Crippen LogP) is 1.97. The lowest BCUT2D eigenvalue weighted by Crippen LogP contribution is -2.12. The van der Waals surface area contributed by atoms with E-state index in [0.717, 1.165) is 12.8 Å². The fraction of sp³-hybridized carbons (Fsp3) is 0.636. The maximum Gasteiger partial charge on any atom is 0.205 e. The lowest BCUT2D eigenvalue weighted by Gasteiger charge is -2.10. The van der Waals surface area contributed by atoms with Gasteiger partial charge in [0.1, 0.15) is 5.78 Å². The smallest absolute Gasteiger partial charge is 0.205 e. The highest BCUT2D eigenvalue weighted by atomic mass is 16.1. The molecule has 0 rings (SSSR count). The van der Waals surface area contributed by atoms with E-state index in [1.807, 2.05) is 6.92 Å². The van der Waals surface area contributed by atoms with Crippen LogP contribution in [0.25, 0.3) is 0 Å². The molecule has 0 aromatic rings. The summed E-state index contributed by atoms with van der Waals surface area (Å²) < 4.78 is 0. The van der Waals surface area contributed by atoms with Crippen LogP contribution in [0, 0.1) is 18.3 Å². The van der Waals surface area contributed by atoms with Gasteiger partial charge in [0.2, 0.25) is 5.78 Å². The summed E-state index contributed by atoms with van der Waals surface area (Å²) in [5, 5.41) is 0. The average Bonchev–Trinajstić information content (AvgIpc) is 2.11. The van der Waals surface area contributed by atoms with Gasteiger partial charge in [0.25, 0.3) is 0 Å². The molecule has 0 heterocycles. The second kappa shape index (κ2) is 6.42. The Balaban J connectivity index is 3.91. The molecule has 0 saturated heterocycles. The Kier molecular flexibility index (Phi) is 5.88. The number of hydrogen-bond donors (Lipinski definition) is 0. The fourth-order valence-electron chi connectivity index (χ4n) is 1.28. The second-order valence-electron chi connectivity index (χ2n) is 3.20. The van der Waals surface area contributed by atoms with E-state index in [-0.39, 0.29) is 17.5 Å². The van der Waals surface area contributed by atoms with Crippen molar-refractivity contribution in [2.24, 2.45) is 5.92 Å². The van der Waals surface area contributed by atoms with E-state index >= 15 is 0 Å². The minimum atomic E-state index is -0.206. The number of rotatable bonds is 6. The molecular formula is C11H16O2. The molecule has 0 fully saturated rings. The van der Waals surface area contributed by atoms with Gasteiger partial charge in [-0.25, -0.2) is 0 Å². The summed E-state index contributed by atoms with van der Waals surface area (Å²) in [6, 6.07) is 0. The first kappa shape index (κ1) is 11.9. The average molecular weight is 180 g/mol. The molecule has 2 nitrogen and oxygen atoms in total. The summed E-state index contributed by atoms with van der Waals surface area (Å²) in [5.74, 6) is 2.02. The Morgan fingerprint density at radius 2 is 2.00 bits per heavy atom. The van der Waals surface area contributed by atoms with Crippen LogP contribution in [0.2, 0.25) is 0 Å². The molecule has 0 aliphatic heterocycles. The molecular weight excluding hydrogens is 164 g/mol. The number of carbonyl (C=O) groups is 2. The van der Waals surface area contributed by atoms with Crippen molar-refractivity contribution in [3.63, 3.8) is 0 Å². The van der Waals surface area contributed by atoms with Crippen LogP contribution >= 0.6 is 0 Å². The lowest BCUT2D eigenvalue weighted by molar-refractivity contribution is -0.121. The van der Waals surface area contributed by atoms with Gasteiger partial charge < -0.3 is 0 Å². The van der Waals surface area contributed by atoms with Crippen LogP contribution in [0.3, 0.4) is 0 Å². The molecule has 0 spiro atoms. The third kappa shape index (κ3) is 5.19. The van der Waals surface area contributed by atoms with Gasteiger partial charge in [0.05, 0.1) is 0 Å². The highest BCUT2D eigenvalue weighted by Crippen LogP contribution is 2.14. The molecule has 2 heteroatoms. The van der Waals surface area contributed by atoms with Gasteiger partial charge in [-0.05, 0) is 25.7 Å². The summed E-state index contributed by atoms with van der Waals surface area (Å²) in [6.45, 7) is 3.60. The molecule has 72 valence electrons. The van der Waals surface area contributed by atoms with Crippen LogP contribution in [0.4, 0.5) is 0 Å². The maximum atomic E-state index is 11.1. The Bertz CT molecular complexity index is 223. The normalized spacial score (nSPS) is 11.8. The van der Waals surface area contributed by atoms with Crippen molar-refractivity contribution in [3.05, 3.63) is 0 Å². The van der Waals surface area contributed by atoms with Gasteiger partial charge in [0.15, 0.2) is 0 Å². The van der Waals surface area contributed by atoms with Gasteiger partial charge in [0, 0.05) is 12.3 Å². The van der Waals surface area contributed by atoms with E-state index < -0.39 is 0 Å². The zero-order chi connectivity index (χ0) is 10.3. The molecule has 0 unspecified atom stereocenters. The van der Waals surface area contributed by atoms with Crippen LogP contribution in [0.15, 0.2) is 0 Å². The van der Waals surface area contributed by atoms with Crippen molar-refractivity contribution in [2.45, 2.75) is 39.5 Å². The zero-order valence-corrected chi connectivity index (χ0v) is 8.30. The van der Waals surface area contributed by atoms with Gasteiger partial charge in [-0.1, -0.05) is 13.3 Å². The van der Waals surface area contributed by atoms with E-state index in [2.05, 4.69) is 5.92 Å². The van der Waals surface area contributed by atoms with Crippen LogP contribution in [-0.2, 0) is 9.59 Å². The molecule has 0 bridgehead atoms. The molecule has 13 heavy (non-hydrogen) atoms. The van der Waals surface area contributed by atoms with Crippen molar-refractivity contribution >= 4 is 11.6 Å². The van der Waals surface area contributed by atoms with Gasteiger partial charge in [-0.2, -0.15) is 0 Å². The highest BCUT2D eigenvalue weighted by molar-refractivity contribution is 5.95. The lowest BCUT2D eigenvalue weighted by atomic mass is 9.93. The van der Waals surface area contributed by atoms with E-state index in [4.69, 9.17) is 6.42 Å². The number of hydrogen-bond acceptors (Lipinski definition) is 2. The number of Topliss-reactive ketones (excluding diaryl/α,β-unsaturated/α-hetero) is 2. The molecule has 0 amide bonds. The molecule has 0 aliphatic rings. The quantitative estimate of drug-likeness (QED) is 0.462. The summed E-state index contributed by atoms with van der Waals surface area (Å²) >= 11 is 0. The van der Waals surface area contributed by atoms with Crippen LogP contribution < -0.4 is 0 Å². The van der Waals surface area contributed by atoms with Gasteiger partial charge in [-0.3, -0.25) is 9.59 Å². The minimum Gasteiger partial charge on any atom is -0.300 e. The van der Waals surface area contributed by atoms with Crippen molar-refractivity contribution < 1.29 is 9.59 Å². The zero-order valence-electron chi connectivity index (χ0n) is 8.30. The summed E-state index contributed by atoms with van der Waals surface area (Å²) in [6.07, 6.45) is 7.68. The molecule has 0 aromatic carbocycles. The van der Waals surface area contributed by atoms with Crippen molar-refractivity contribution in [3.8, 4) is 12.3 Å². The molecule has 0 aliphatic carbocycles. The topological polar surface area (TPSA) is 34.1 Å². The third-order valence-electron chi connectivity index (χ3n) is 2.09. The molecule has 0 saturated carbocycles. The van der Waals surface area contributed by atoms with Crippen molar-refractivity contribution in [1.82, 2.24) is 0 Å². The van der Waals surface area contributed by atoms with E-state index in [1.165, 1.54) is 0 Å². The van der Waals surface area contributed by atoms with E-state index in [9.17, 15) is 9.59 Å². The summed E-state index contributed by atoms with van der Waals surface area (Å²) in [5.41, 5.74) is 0. The molecule has 1 atom stereocenters. The maximum absolute atomic E-state index is 11.1. The third-order valence-corrected chi connectivity index (χ3v) is 2.09. The number of carbonyl (C=O) groups excluding carboxylic acids is 2. The number of ketones is 2. The molecule has 0 radical (unpaired) electrons. The Labute approximate surface area is 79.7 Å². The Morgan fingerprint density at radius 1 is 1.38 bits per heavy atom. The van der Waals surface area contributed by atoms with E-state index in [1.54, 1.807) is 6.92 Å². The fourth-order valence-corrected chi connectivity index (χ4v) is 1.28. The summed E-state index contributed by atoms with van der Waals surface area (Å²) in [7, 11) is 0. The standard InChI is InChI=1S/C11H16O2/c1-4-6-10(9(3)12)7-8-11(13)5-2/h2,10H,4,6-8H2,1,3H3/t10-/m1/s1. The monoisotopic (exact) mass is 180 g/mol. The predicted molar refractivity (Wildman–Crippen MR) is 52.2 cm³/mol. The Hall–Kier alpha value is -1.10. The first-order valence-corrected chi connectivity index (χ1v) is 4.61. The van der Waals surface area contributed by atoms with Gasteiger partial charge in [-0.15, -0.1) is 6.42 Å². The molecule has 0 aromatic heterocycles. The summed E-state index contributed by atoms with van der Waals surface area (Å²) in [4.78, 5) is 21.9.